The Morgan fingerprint density at radius 3 is 2.24 bits per heavy atom. The molecule has 2 aromatic rings. The summed E-state index contributed by atoms with van der Waals surface area (Å²) in [7, 11) is 0. The predicted molar refractivity (Wildman–Crippen MR) is 86.7 cm³/mol. The molecular formula is C15H6BrClF3N3O2. The lowest BCUT2D eigenvalue weighted by atomic mass is 10.0. The largest absolute Gasteiger partial charge is 0.417 e. The molecule has 0 bridgehead atoms. The first-order chi connectivity index (χ1) is 11.7. The number of rotatable bonds is 2. The summed E-state index contributed by atoms with van der Waals surface area (Å²) in [4.78, 5) is 32.3. The zero-order valence-corrected chi connectivity index (χ0v) is 14.3. The molecule has 0 saturated carbocycles. The number of anilines is 1. The molecule has 1 aromatic carbocycles. The van der Waals surface area contributed by atoms with Crippen LogP contribution in [0.4, 0.5) is 18.9 Å². The lowest BCUT2D eigenvalue weighted by Crippen LogP contribution is -2.26. The average Bonchev–Trinajstić information content (AvgIpc) is 2.57. The molecule has 0 spiro atoms. The van der Waals surface area contributed by atoms with E-state index in [9.17, 15) is 22.8 Å². The van der Waals surface area contributed by atoms with Crippen molar-refractivity contribution >= 4 is 44.8 Å². The number of fused-ring (bicyclic) bond motifs is 1. The van der Waals surface area contributed by atoms with Gasteiger partial charge in [0.25, 0.3) is 0 Å². The van der Waals surface area contributed by atoms with Gasteiger partial charge in [-0.1, -0.05) is 11.6 Å². The fraction of sp³-hybridized carbons (Fsp3) is 0.0667. The molecule has 10 heteroatoms. The van der Waals surface area contributed by atoms with Crippen LogP contribution in [-0.4, -0.2) is 21.5 Å². The van der Waals surface area contributed by atoms with Crippen LogP contribution < -0.4 is 5.32 Å². The zero-order chi connectivity index (χ0) is 18.4. The Morgan fingerprint density at radius 1 is 1.04 bits per heavy atom. The quantitative estimate of drug-likeness (QED) is 0.768. The maximum absolute atomic E-state index is 12.9. The molecule has 0 fully saturated rings. The molecule has 0 unspecified atom stereocenters. The summed E-state index contributed by atoms with van der Waals surface area (Å²) < 4.78 is 38.7. The number of Topliss-reactive ketones (excluding diaryl/α,β-unsaturated/α-hetero) is 2. The summed E-state index contributed by atoms with van der Waals surface area (Å²) >= 11 is 8.55. The fourth-order valence-electron chi connectivity index (χ4n) is 2.18. The van der Waals surface area contributed by atoms with Gasteiger partial charge in [-0.3, -0.25) is 9.59 Å². The van der Waals surface area contributed by atoms with Gasteiger partial charge in [0.15, 0.2) is 0 Å². The maximum Gasteiger partial charge on any atom is 0.417 e. The van der Waals surface area contributed by atoms with Gasteiger partial charge in [0, 0.05) is 18.1 Å². The normalized spacial score (nSPS) is 14.6. The molecule has 128 valence electrons. The van der Waals surface area contributed by atoms with E-state index in [0.717, 1.165) is 12.1 Å². The average molecular weight is 433 g/mol. The Balaban J connectivity index is 2.03. The number of hydrogen-bond acceptors (Lipinski definition) is 5. The Bertz CT molecular complexity index is 944. The van der Waals surface area contributed by atoms with Gasteiger partial charge in [0.1, 0.15) is 17.1 Å². The second-order valence-corrected chi connectivity index (χ2v) is 6.12. The van der Waals surface area contributed by atoms with Gasteiger partial charge in [0.05, 0.1) is 15.1 Å². The van der Waals surface area contributed by atoms with E-state index in [1.165, 1.54) is 18.5 Å². The molecule has 1 aliphatic carbocycles. The van der Waals surface area contributed by atoms with Crippen molar-refractivity contribution < 1.29 is 22.8 Å². The summed E-state index contributed by atoms with van der Waals surface area (Å²) in [5, 5.41) is 2.05. The van der Waals surface area contributed by atoms with E-state index in [1.54, 1.807) is 0 Å². The topological polar surface area (TPSA) is 72.0 Å². The van der Waals surface area contributed by atoms with Gasteiger partial charge in [-0.2, -0.15) is 13.2 Å². The third-order valence-electron chi connectivity index (χ3n) is 3.32. The molecule has 5 nitrogen and oxygen atoms in total. The Kier molecular flexibility index (Phi) is 4.38. The summed E-state index contributed by atoms with van der Waals surface area (Å²) in [6.45, 7) is 0. The zero-order valence-electron chi connectivity index (χ0n) is 12.0. The highest BCUT2D eigenvalue weighted by Crippen LogP contribution is 2.37. The van der Waals surface area contributed by atoms with Crippen molar-refractivity contribution in [3.05, 3.63) is 62.7 Å². The number of halogens is 5. The van der Waals surface area contributed by atoms with Crippen LogP contribution >= 0.6 is 27.5 Å². The molecule has 1 heterocycles. The summed E-state index contributed by atoms with van der Waals surface area (Å²) in [6, 6.07) is 3.05. The van der Waals surface area contributed by atoms with Crippen LogP contribution in [0.1, 0.15) is 26.5 Å². The van der Waals surface area contributed by atoms with Crippen molar-refractivity contribution in [1.82, 2.24) is 9.97 Å². The number of nitrogens with one attached hydrogen (secondary N) is 1. The SMILES string of the molecule is O=C1C(Br)=C(Nc2ccc(Cl)c(C(F)(F)F)c2)C(=O)c2nccnc21. The molecule has 0 saturated heterocycles. The first-order valence-corrected chi connectivity index (χ1v) is 7.81. The van der Waals surface area contributed by atoms with E-state index in [0.29, 0.717) is 0 Å². The van der Waals surface area contributed by atoms with Crippen LogP contribution in [0.3, 0.4) is 0 Å². The number of benzene rings is 1. The van der Waals surface area contributed by atoms with E-state index in [4.69, 9.17) is 11.6 Å². The Labute approximate surface area is 152 Å². The van der Waals surface area contributed by atoms with Crippen molar-refractivity contribution in [2.45, 2.75) is 6.18 Å². The first-order valence-electron chi connectivity index (χ1n) is 6.64. The molecule has 0 atom stereocenters. The van der Waals surface area contributed by atoms with Crippen molar-refractivity contribution in [3.8, 4) is 0 Å². The van der Waals surface area contributed by atoms with Crippen LogP contribution in [0.5, 0.6) is 0 Å². The minimum Gasteiger partial charge on any atom is -0.351 e. The van der Waals surface area contributed by atoms with E-state index >= 15 is 0 Å². The molecule has 3 rings (SSSR count). The third-order valence-corrected chi connectivity index (χ3v) is 4.40. The highest BCUT2D eigenvalue weighted by atomic mass is 79.9. The van der Waals surface area contributed by atoms with E-state index in [-0.39, 0.29) is 27.3 Å². The van der Waals surface area contributed by atoms with Gasteiger partial charge in [-0.25, -0.2) is 9.97 Å². The molecule has 1 N–H and O–H groups in total. The number of carbonyl (C=O) groups excluding carboxylic acids is 2. The lowest BCUT2D eigenvalue weighted by molar-refractivity contribution is -0.137. The number of allylic oxidation sites excluding steroid dienone is 2. The lowest BCUT2D eigenvalue weighted by Gasteiger charge is -2.18. The van der Waals surface area contributed by atoms with Gasteiger partial charge in [-0.05, 0) is 34.1 Å². The number of carbonyl (C=O) groups is 2. The Morgan fingerprint density at radius 2 is 1.64 bits per heavy atom. The minimum atomic E-state index is -4.66. The van der Waals surface area contributed by atoms with Gasteiger partial charge < -0.3 is 5.32 Å². The van der Waals surface area contributed by atoms with Gasteiger partial charge in [0.2, 0.25) is 11.6 Å². The van der Waals surface area contributed by atoms with Crippen LogP contribution in [0.2, 0.25) is 5.02 Å². The van der Waals surface area contributed by atoms with Crippen LogP contribution in [0, 0.1) is 0 Å². The predicted octanol–water partition coefficient (Wildman–Crippen LogP) is 4.25. The minimum absolute atomic E-state index is 0.0582. The second kappa shape index (κ2) is 6.23. The van der Waals surface area contributed by atoms with Gasteiger partial charge >= 0.3 is 6.18 Å². The standard InChI is InChI=1S/C15H6BrClF3N3O2/c16-9-10(14(25)12-11(13(9)24)21-3-4-22-12)23-6-1-2-8(17)7(5-6)15(18,19)20/h1-5,23H. The van der Waals surface area contributed by atoms with Crippen molar-refractivity contribution in [1.29, 1.82) is 0 Å². The second-order valence-electron chi connectivity index (χ2n) is 4.92. The fourth-order valence-corrected chi connectivity index (χ4v) is 2.87. The van der Waals surface area contributed by atoms with Crippen LogP contribution in [-0.2, 0) is 6.18 Å². The molecular weight excluding hydrogens is 427 g/mol. The number of aromatic nitrogens is 2. The maximum atomic E-state index is 12.9. The van der Waals surface area contributed by atoms with Crippen molar-refractivity contribution in [2.24, 2.45) is 0 Å². The van der Waals surface area contributed by atoms with Crippen LogP contribution in [0.15, 0.2) is 40.8 Å². The van der Waals surface area contributed by atoms with E-state index in [2.05, 4.69) is 31.2 Å². The summed E-state index contributed by atoms with van der Waals surface area (Å²) in [5.41, 5.74) is -1.66. The Hall–Kier alpha value is -2.26. The highest BCUT2D eigenvalue weighted by Gasteiger charge is 2.35. The summed E-state index contributed by atoms with van der Waals surface area (Å²) in [5.74, 6) is -1.27. The molecule has 1 aliphatic rings. The molecule has 1 aromatic heterocycles. The third kappa shape index (κ3) is 3.16. The van der Waals surface area contributed by atoms with Crippen LogP contribution in [0.25, 0.3) is 0 Å². The number of hydrogen-bond donors (Lipinski definition) is 1. The summed E-state index contributed by atoms with van der Waals surface area (Å²) in [6.07, 6.45) is -2.16. The molecule has 0 radical (unpaired) electrons. The van der Waals surface area contributed by atoms with E-state index < -0.39 is 28.3 Å². The van der Waals surface area contributed by atoms with E-state index in [1.807, 2.05) is 0 Å². The highest BCUT2D eigenvalue weighted by molar-refractivity contribution is 9.12. The van der Waals surface area contributed by atoms with Crippen molar-refractivity contribution in [3.63, 3.8) is 0 Å². The number of nitrogens with zero attached hydrogens (tertiary/aromatic N) is 2. The molecule has 25 heavy (non-hydrogen) atoms. The van der Waals surface area contributed by atoms with Gasteiger partial charge in [-0.15, -0.1) is 0 Å². The van der Waals surface area contributed by atoms with Crippen molar-refractivity contribution in [2.75, 3.05) is 5.32 Å². The molecule has 0 amide bonds. The first kappa shape index (κ1) is 17.6. The number of alkyl halides is 3. The molecule has 0 aliphatic heterocycles. The monoisotopic (exact) mass is 431 g/mol. The number of ketones is 2. The smallest absolute Gasteiger partial charge is 0.351 e.